The molecule has 0 saturated carbocycles. The van der Waals surface area contributed by atoms with E-state index >= 15 is 0 Å². The summed E-state index contributed by atoms with van der Waals surface area (Å²) in [5.74, 6) is -1.99. The fourth-order valence-electron chi connectivity index (χ4n) is 1.86. The average Bonchev–Trinajstić information content (AvgIpc) is 2.40. The minimum atomic E-state index is -1.16. The molecular formula is C14H26N2O5. The van der Waals surface area contributed by atoms with Crippen molar-refractivity contribution in [1.29, 1.82) is 0 Å². The second-order valence-corrected chi connectivity index (χ2v) is 5.78. The van der Waals surface area contributed by atoms with Gasteiger partial charge in [0.1, 0.15) is 6.04 Å². The summed E-state index contributed by atoms with van der Waals surface area (Å²) in [6.45, 7) is 4.57. The molecule has 1 amide bonds. The molecule has 0 aliphatic carbocycles. The Morgan fingerprint density at radius 2 is 1.86 bits per heavy atom. The smallest absolute Gasteiger partial charge is 0.326 e. The zero-order valence-corrected chi connectivity index (χ0v) is 13.0. The molecular weight excluding hydrogens is 276 g/mol. The van der Waals surface area contributed by atoms with Gasteiger partial charge in [0, 0.05) is 12.8 Å². The van der Waals surface area contributed by atoms with Crippen LogP contribution >= 0.6 is 0 Å². The molecule has 1 atom stereocenters. The number of aliphatic carboxylic acids is 1. The lowest BCUT2D eigenvalue weighted by molar-refractivity contribution is -0.144. The maximum absolute atomic E-state index is 11.8. The van der Waals surface area contributed by atoms with Crippen molar-refractivity contribution in [2.24, 2.45) is 11.1 Å². The van der Waals surface area contributed by atoms with Crippen LogP contribution in [0, 0.1) is 5.41 Å². The van der Waals surface area contributed by atoms with Gasteiger partial charge in [-0.3, -0.25) is 9.59 Å². The molecule has 0 aliphatic heterocycles. The van der Waals surface area contributed by atoms with Gasteiger partial charge in [-0.05, 0) is 31.2 Å². The second-order valence-electron chi connectivity index (χ2n) is 5.78. The van der Waals surface area contributed by atoms with Crippen molar-refractivity contribution in [2.75, 3.05) is 13.7 Å². The van der Waals surface area contributed by atoms with Gasteiger partial charge in [0.2, 0.25) is 5.91 Å². The van der Waals surface area contributed by atoms with Crippen molar-refractivity contribution in [3.05, 3.63) is 0 Å². The molecule has 0 bridgehead atoms. The first-order chi connectivity index (χ1) is 9.71. The highest BCUT2D eigenvalue weighted by Gasteiger charge is 2.23. The first-order valence-electron chi connectivity index (χ1n) is 7.01. The predicted octanol–water partition coefficient (Wildman–Crippen LogP) is 0.664. The molecule has 4 N–H and O–H groups in total. The van der Waals surface area contributed by atoms with Crippen LogP contribution in [0.4, 0.5) is 0 Å². The van der Waals surface area contributed by atoms with E-state index in [2.05, 4.69) is 10.1 Å². The number of esters is 1. The zero-order chi connectivity index (χ0) is 16.5. The average molecular weight is 302 g/mol. The Morgan fingerprint density at radius 3 is 2.33 bits per heavy atom. The number of carbonyl (C=O) groups excluding carboxylic acids is 2. The third-order valence-electron chi connectivity index (χ3n) is 3.35. The molecule has 0 saturated heterocycles. The molecule has 0 aliphatic rings. The molecule has 0 aromatic carbocycles. The SMILES string of the molecule is COC(=O)CC[C@H](NC(=O)CCC(C)(C)CCN)C(=O)O. The molecule has 21 heavy (non-hydrogen) atoms. The molecule has 0 fully saturated rings. The van der Waals surface area contributed by atoms with Gasteiger partial charge in [-0.2, -0.15) is 0 Å². The molecule has 7 heteroatoms. The van der Waals surface area contributed by atoms with E-state index in [4.69, 9.17) is 10.8 Å². The van der Waals surface area contributed by atoms with Crippen molar-refractivity contribution in [1.82, 2.24) is 5.32 Å². The van der Waals surface area contributed by atoms with Crippen LogP contribution in [0.25, 0.3) is 0 Å². The van der Waals surface area contributed by atoms with E-state index in [1.165, 1.54) is 7.11 Å². The van der Waals surface area contributed by atoms with Crippen molar-refractivity contribution in [3.8, 4) is 0 Å². The first kappa shape index (κ1) is 19.4. The van der Waals surface area contributed by atoms with Gasteiger partial charge in [-0.1, -0.05) is 13.8 Å². The lowest BCUT2D eigenvalue weighted by Crippen LogP contribution is -2.41. The van der Waals surface area contributed by atoms with E-state index in [1.807, 2.05) is 13.8 Å². The van der Waals surface area contributed by atoms with E-state index in [-0.39, 0.29) is 30.6 Å². The number of carboxylic acids is 1. The number of methoxy groups -OCH3 is 1. The zero-order valence-electron chi connectivity index (χ0n) is 13.0. The van der Waals surface area contributed by atoms with Crippen LogP contribution < -0.4 is 11.1 Å². The minimum absolute atomic E-state index is 0.0138. The van der Waals surface area contributed by atoms with E-state index < -0.39 is 18.0 Å². The fraction of sp³-hybridized carbons (Fsp3) is 0.786. The number of ether oxygens (including phenoxy) is 1. The summed E-state index contributed by atoms with van der Waals surface area (Å²) in [6.07, 6.45) is 1.62. The van der Waals surface area contributed by atoms with Gasteiger partial charge >= 0.3 is 11.9 Å². The minimum Gasteiger partial charge on any atom is -0.480 e. The van der Waals surface area contributed by atoms with Gasteiger partial charge < -0.3 is 20.9 Å². The lowest BCUT2D eigenvalue weighted by Gasteiger charge is -2.23. The van der Waals surface area contributed by atoms with Crippen LogP contribution in [0.2, 0.25) is 0 Å². The Balaban J connectivity index is 4.29. The van der Waals surface area contributed by atoms with E-state index in [9.17, 15) is 14.4 Å². The van der Waals surface area contributed by atoms with Crippen molar-refractivity contribution in [2.45, 2.75) is 52.0 Å². The van der Waals surface area contributed by atoms with E-state index in [1.54, 1.807) is 0 Å². The van der Waals surface area contributed by atoms with Gasteiger partial charge in [0.25, 0.3) is 0 Å². The standard InChI is InChI=1S/C14H26N2O5/c1-14(2,8-9-15)7-6-11(17)16-10(13(19)20)4-5-12(18)21-3/h10H,4-9,15H2,1-3H3,(H,16,17)(H,19,20)/t10-/m0/s1. The first-order valence-corrected chi connectivity index (χ1v) is 7.01. The van der Waals surface area contributed by atoms with Gasteiger partial charge in [-0.25, -0.2) is 4.79 Å². The summed E-state index contributed by atoms with van der Waals surface area (Å²) in [5, 5.41) is 11.5. The number of nitrogens with one attached hydrogen (secondary N) is 1. The van der Waals surface area contributed by atoms with Gasteiger partial charge in [0.15, 0.2) is 0 Å². The van der Waals surface area contributed by atoms with Crippen LogP contribution in [0.3, 0.4) is 0 Å². The number of hydrogen-bond acceptors (Lipinski definition) is 5. The topological polar surface area (TPSA) is 119 Å². The van der Waals surface area contributed by atoms with E-state index in [0.29, 0.717) is 13.0 Å². The highest BCUT2D eigenvalue weighted by atomic mass is 16.5. The molecule has 0 aromatic heterocycles. The molecule has 122 valence electrons. The summed E-state index contributed by atoms with van der Waals surface area (Å²) < 4.78 is 4.45. The summed E-state index contributed by atoms with van der Waals surface area (Å²) >= 11 is 0. The number of carbonyl (C=O) groups is 3. The third-order valence-corrected chi connectivity index (χ3v) is 3.35. The highest BCUT2D eigenvalue weighted by Crippen LogP contribution is 2.25. The molecule has 0 aromatic rings. The predicted molar refractivity (Wildman–Crippen MR) is 77.5 cm³/mol. The Bertz CT molecular complexity index is 368. The largest absolute Gasteiger partial charge is 0.480 e. The van der Waals surface area contributed by atoms with Crippen molar-refractivity contribution < 1.29 is 24.2 Å². The summed E-state index contributed by atoms with van der Waals surface area (Å²) in [6, 6.07) is -1.07. The lowest BCUT2D eigenvalue weighted by atomic mass is 9.84. The molecule has 7 nitrogen and oxygen atoms in total. The number of nitrogens with two attached hydrogens (primary N) is 1. The fourth-order valence-corrected chi connectivity index (χ4v) is 1.86. The number of rotatable bonds is 10. The second kappa shape index (κ2) is 9.33. The Kier molecular flexibility index (Phi) is 8.61. The Morgan fingerprint density at radius 1 is 1.24 bits per heavy atom. The van der Waals surface area contributed by atoms with E-state index in [0.717, 1.165) is 6.42 Å². The van der Waals surface area contributed by atoms with Crippen LogP contribution in [-0.4, -0.2) is 42.6 Å². The van der Waals surface area contributed by atoms with Gasteiger partial charge in [-0.15, -0.1) is 0 Å². The van der Waals surface area contributed by atoms with Crippen LogP contribution in [-0.2, 0) is 19.1 Å². The Hall–Kier alpha value is -1.63. The summed E-state index contributed by atoms with van der Waals surface area (Å²) in [7, 11) is 1.23. The van der Waals surface area contributed by atoms with Crippen LogP contribution in [0.5, 0.6) is 0 Å². The summed E-state index contributed by atoms with van der Waals surface area (Å²) in [4.78, 5) is 33.9. The Labute approximate surface area is 125 Å². The number of amides is 1. The maximum atomic E-state index is 11.8. The number of carboxylic acid groups (broad SMARTS) is 1. The monoisotopic (exact) mass is 302 g/mol. The van der Waals surface area contributed by atoms with Crippen LogP contribution in [0.1, 0.15) is 46.0 Å². The summed E-state index contributed by atoms with van der Waals surface area (Å²) in [5.41, 5.74) is 5.44. The molecule has 0 heterocycles. The number of hydrogen-bond donors (Lipinski definition) is 3. The van der Waals surface area contributed by atoms with Gasteiger partial charge in [0.05, 0.1) is 7.11 Å². The quantitative estimate of drug-likeness (QED) is 0.510. The molecule has 0 unspecified atom stereocenters. The molecule has 0 radical (unpaired) electrons. The van der Waals surface area contributed by atoms with Crippen LogP contribution in [0.15, 0.2) is 0 Å². The normalized spacial score (nSPS) is 12.6. The van der Waals surface area contributed by atoms with Crippen molar-refractivity contribution in [3.63, 3.8) is 0 Å². The molecule has 0 spiro atoms. The third kappa shape index (κ3) is 9.01. The highest BCUT2D eigenvalue weighted by molar-refractivity contribution is 5.84. The maximum Gasteiger partial charge on any atom is 0.326 e. The van der Waals surface area contributed by atoms with Crippen molar-refractivity contribution >= 4 is 17.8 Å². The molecule has 0 rings (SSSR count).